The molecule has 0 unspecified atom stereocenters. The summed E-state index contributed by atoms with van der Waals surface area (Å²) in [6.45, 7) is 0.163. The second-order valence-electron chi connectivity index (χ2n) is 2.72. The first-order valence-corrected chi connectivity index (χ1v) is 3.97. The molecular weight excluding hydrogens is 166 g/mol. The van der Waals surface area contributed by atoms with E-state index in [9.17, 15) is 4.79 Å². The van der Waals surface area contributed by atoms with Crippen molar-refractivity contribution in [1.82, 2.24) is 9.55 Å². The molecular formula is C9H9N3O. The number of nitrogens with zero attached hydrogens (tertiary/aromatic N) is 2. The van der Waals surface area contributed by atoms with Gasteiger partial charge >= 0.3 is 0 Å². The molecule has 0 saturated carbocycles. The molecule has 4 heteroatoms. The smallest absolute Gasteiger partial charge is 0.262 e. The van der Waals surface area contributed by atoms with E-state index in [4.69, 9.17) is 5.73 Å². The van der Waals surface area contributed by atoms with E-state index in [2.05, 4.69) is 4.98 Å². The fraction of sp³-hybridized carbons (Fsp3) is 0.111. The van der Waals surface area contributed by atoms with Crippen LogP contribution in [0.1, 0.15) is 0 Å². The summed E-state index contributed by atoms with van der Waals surface area (Å²) in [6.07, 6.45) is 1.46. The Kier molecular flexibility index (Phi) is 1.83. The molecule has 2 aromatic rings. The molecule has 1 aromatic heterocycles. The monoisotopic (exact) mass is 175 g/mol. The highest BCUT2D eigenvalue weighted by Gasteiger charge is 2.00. The van der Waals surface area contributed by atoms with Gasteiger partial charge in [-0.05, 0) is 12.1 Å². The number of aromatic nitrogens is 2. The standard InChI is InChI=1S/C9H9N3O/c10-5-12-6-11-8-4-2-1-3-7(8)9(12)13/h1-4,6H,5,10H2. The molecule has 66 valence electrons. The zero-order chi connectivity index (χ0) is 9.26. The summed E-state index contributed by atoms with van der Waals surface area (Å²) in [6, 6.07) is 7.21. The minimum Gasteiger partial charge on any atom is -0.313 e. The Labute approximate surface area is 74.6 Å². The van der Waals surface area contributed by atoms with Crippen molar-refractivity contribution in [3.05, 3.63) is 40.9 Å². The van der Waals surface area contributed by atoms with Gasteiger partial charge in [0.1, 0.15) is 0 Å². The minimum absolute atomic E-state index is 0.0897. The van der Waals surface area contributed by atoms with Gasteiger partial charge in [0.25, 0.3) is 5.56 Å². The van der Waals surface area contributed by atoms with Gasteiger partial charge in [-0.1, -0.05) is 12.1 Å². The van der Waals surface area contributed by atoms with Crippen LogP contribution in [0.5, 0.6) is 0 Å². The van der Waals surface area contributed by atoms with Gasteiger partial charge in [-0.3, -0.25) is 9.36 Å². The van der Waals surface area contributed by atoms with Gasteiger partial charge in [-0.15, -0.1) is 0 Å². The van der Waals surface area contributed by atoms with E-state index in [-0.39, 0.29) is 12.2 Å². The molecule has 0 atom stereocenters. The number of hydrogen-bond donors (Lipinski definition) is 1. The fourth-order valence-corrected chi connectivity index (χ4v) is 1.24. The van der Waals surface area contributed by atoms with Crippen molar-refractivity contribution in [1.29, 1.82) is 0 Å². The van der Waals surface area contributed by atoms with Gasteiger partial charge in [-0.2, -0.15) is 0 Å². The summed E-state index contributed by atoms with van der Waals surface area (Å²) in [5.41, 5.74) is 5.98. The van der Waals surface area contributed by atoms with Gasteiger partial charge in [0.05, 0.1) is 23.9 Å². The van der Waals surface area contributed by atoms with Crippen LogP contribution in [0.2, 0.25) is 0 Å². The van der Waals surface area contributed by atoms with Crippen molar-refractivity contribution in [2.45, 2.75) is 6.67 Å². The maximum absolute atomic E-state index is 11.6. The Balaban J connectivity index is 2.87. The van der Waals surface area contributed by atoms with Crippen LogP contribution in [0.3, 0.4) is 0 Å². The molecule has 0 aliphatic carbocycles. The molecule has 0 spiro atoms. The first-order chi connectivity index (χ1) is 6.33. The Morgan fingerprint density at radius 2 is 2.15 bits per heavy atom. The van der Waals surface area contributed by atoms with Gasteiger partial charge in [0, 0.05) is 0 Å². The minimum atomic E-state index is -0.0897. The lowest BCUT2D eigenvalue weighted by Crippen LogP contribution is -2.24. The Hall–Kier alpha value is -1.68. The van der Waals surface area contributed by atoms with Gasteiger partial charge < -0.3 is 5.73 Å². The highest BCUT2D eigenvalue weighted by Crippen LogP contribution is 2.03. The zero-order valence-electron chi connectivity index (χ0n) is 6.97. The number of rotatable bonds is 1. The highest BCUT2D eigenvalue weighted by molar-refractivity contribution is 5.76. The molecule has 0 aliphatic heterocycles. The van der Waals surface area contributed by atoms with Crippen molar-refractivity contribution >= 4 is 10.9 Å². The zero-order valence-corrected chi connectivity index (χ0v) is 6.97. The van der Waals surface area contributed by atoms with Gasteiger partial charge in [-0.25, -0.2) is 4.98 Å². The van der Waals surface area contributed by atoms with Crippen LogP contribution in [0.15, 0.2) is 35.4 Å². The third kappa shape index (κ3) is 1.21. The largest absolute Gasteiger partial charge is 0.313 e. The summed E-state index contributed by atoms with van der Waals surface area (Å²) in [4.78, 5) is 15.7. The lowest BCUT2D eigenvalue weighted by atomic mass is 10.2. The molecule has 0 aliphatic rings. The molecule has 2 rings (SSSR count). The Morgan fingerprint density at radius 3 is 2.92 bits per heavy atom. The van der Waals surface area contributed by atoms with Crippen LogP contribution in [-0.2, 0) is 6.67 Å². The van der Waals surface area contributed by atoms with Crippen molar-refractivity contribution in [2.24, 2.45) is 5.73 Å². The third-order valence-electron chi connectivity index (χ3n) is 1.93. The average Bonchev–Trinajstić information content (AvgIpc) is 2.19. The van der Waals surface area contributed by atoms with E-state index in [1.54, 1.807) is 12.1 Å². The van der Waals surface area contributed by atoms with E-state index in [1.807, 2.05) is 12.1 Å². The number of nitrogens with two attached hydrogens (primary N) is 1. The molecule has 13 heavy (non-hydrogen) atoms. The molecule has 4 nitrogen and oxygen atoms in total. The quantitative estimate of drug-likeness (QED) is 0.678. The predicted octanol–water partition coefficient (Wildman–Crippen LogP) is 0.313. The average molecular weight is 175 g/mol. The maximum atomic E-state index is 11.6. The first kappa shape index (κ1) is 7.94. The van der Waals surface area contributed by atoms with Crippen LogP contribution in [0.25, 0.3) is 10.9 Å². The summed E-state index contributed by atoms with van der Waals surface area (Å²) >= 11 is 0. The van der Waals surface area contributed by atoms with Crippen molar-refractivity contribution in [3.8, 4) is 0 Å². The van der Waals surface area contributed by atoms with Crippen LogP contribution in [0.4, 0.5) is 0 Å². The van der Waals surface area contributed by atoms with Crippen molar-refractivity contribution < 1.29 is 0 Å². The van der Waals surface area contributed by atoms with E-state index in [1.165, 1.54) is 10.9 Å². The second kappa shape index (κ2) is 2.99. The Bertz CT molecular complexity index is 489. The van der Waals surface area contributed by atoms with Crippen molar-refractivity contribution in [2.75, 3.05) is 0 Å². The second-order valence-corrected chi connectivity index (χ2v) is 2.72. The number of hydrogen-bond acceptors (Lipinski definition) is 3. The fourth-order valence-electron chi connectivity index (χ4n) is 1.24. The number of fused-ring (bicyclic) bond motifs is 1. The lowest BCUT2D eigenvalue weighted by Gasteiger charge is -2.01. The summed E-state index contributed by atoms with van der Waals surface area (Å²) in [7, 11) is 0. The maximum Gasteiger partial charge on any atom is 0.262 e. The third-order valence-corrected chi connectivity index (χ3v) is 1.93. The SMILES string of the molecule is NCn1cnc2ccccc2c1=O. The van der Waals surface area contributed by atoms with Crippen LogP contribution in [0, 0.1) is 0 Å². The first-order valence-electron chi connectivity index (χ1n) is 3.97. The molecule has 0 bridgehead atoms. The normalized spacial score (nSPS) is 10.5. The summed E-state index contributed by atoms with van der Waals surface area (Å²) < 4.78 is 1.38. The van der Waals surface area contributed by atoms with Crippen LogP contribution < -0.4 is 11.3 Å². The molecule has 1 aromatic carbocycles. The molecule has 0 amide bonds. The molecule has 2 N–H and O–H groups in total. The lowest BCUT2D eigenvalue weighted by molar-refractivity contribution is 0.692. The van der Waals surface area contributed by atoms with E-state index in [0.29, 0.717) is 10.9 Å². The van der Waals surface area contributed by atoms with E-state index in [0.717, 1.165) is 0 Å². The van der Waals surface area contributed by atoms with Crippen molar-refractivity contribution in [3.63, 3.8) is 0 Å². The topological polar surface area (TPSA) is 60.9 Å². The van der Waals surface area contributed by atoms with Crippen LogP contribution in [-0.4, -0.2) is 9.55 Å². The Morgan fingerprint density at radius 1 is 1.38 bits per heavy atom. The highest BCUT2D eigenvalue weighted by atomic mass is 16.1. The van der Waals surface area contributed by atoms with Crippen LogP contribution >= 0.6 is 0 Å². The van der Waals surface area contributed by atoms with E-state index < -0.39 is 0 Å². The van der Waals surface area contributed by atoms with E-state index >= 15 is 0 Å². The number of para-hydroxylation sites is 1. The summed E-state index contributed by atoms with van der Waals surface area (Å²) in [5.74, 6) is 0. The molecule has 0 fully saturated rings. The molecule has 0 radical (unpaired) electrons. The summed E-state index contributed by atoms with van der Waals surface area (Å²) in [5, 5.41) is 0.607. The van der Waals surface area contributed by atoms with Gasteiger partial charge in [0.2, 0.25) is 0 Å². The van der Waals surface area contributed by atoms with Gasteiger partial charge in [0.15, 0.2) is 0 Å². The molecule has 1 heterocycles. The predicted molar refractivity (Wildman–Crippen MR) is 50.2 cm³/mol. The number of benzene rings is 1. The molecule has 0 saturated heterocycles.